The lowest BCUT2D eigenvalue weighted by Crippen LogP contribution is -2.41. The number of hydrogen-bond acceptors (Lipinski definition) is 3. The van der Waals surface area contributed by atoms with Crippen LogP contribution in [0.15, 0.2) is 24.3 Å². The van der Waals surface area contributed by atoms with Crippen molar-refractivity contribution in [2.75, 3.05) is 39.3 Å². The van der Waals surface area contributed by atoms with Crippen molar-refractivity contribution in [3.8, 4) is 0 Å². The van der Waals surface area contributed by atoms with Crippen LogP contribution >= 0.6 is 11.6 Å². The van der Waals surface area contributed by atoms with Crippen molar-refractivity contribution in [3.63, 3.8) is 0 Å². The van der Waals surface area contributed by atoms with E-state index in [0.717, 1.165) is 31.2 Å². The predicted octanol–water partition coefficient (Wildman–Crippen LogP) is 3.13. The molecule has 3 amide bonds. The molecule has 28 heavy (non-hydrogen) atoms. The number of carbonyl (C=O) groups is 2. The standard InChI is InChI=1S/C21H33ClN4O2/c1-16-13-17(2)15-26(14-16)12-6-5-9-24-21(28)25-11-10-23-20(27)18-7-3-4-8-19(18)22/h3-4,7-8,16-17H,5-6,9-15H2,1-2H3,(H,23,27)(H2,24,25,28). The molecule has 1 saturated heterocycles. The Morgan fingerprint density at radius 3 is 2.36 bits per heavy atom. The molecule has 0 saturated carbocycles. The van der Waals surface area contributed by atoms with Gasteiger partial charge in [0.05, 0.1) is 10.6 Å². The normalized spacial score (nSPS) is 19.8. The topological polar surface area (TPSA) is 73.5 Å². The van der Waals surface area contributed by atoms with Crippen molar-refractivity contribution in [2.45, 2.75) is 33.1 Å². The van der Waals surface area contributed by atoms with Gasteiger partial charge in [0.2, 0.25) is 0 Å². The van der Waals surface area contributed by atoms with Gasteiger partial charge in [0.1, 0.15) is 0 Å². The molecule has 0 bridgehead atoms. The number of unbranched alkanes of at least 4 members (excludes halogenated alkanes) is 1. The lowest BCUT2D eigenvalue weighted by Gasteiger charge is -2.34. The van der Waals surface area contributed by atoms with Crippen molar-refractivity contribution >= 4 is 23.5 Å². The molecule has 2 rings (SSSR count). The number of benzene rings is 1. The van der Waals surface area contributed by atoms with E-state index in [1.165, 1.54) is 19.5 Å². The zero-order valence-electron chi connectivity index (χ0n) is 17.0. The van der Waals surface area contributed by atoms with E-state index >= 15 is 0 Å². The first-order valence-electron chi connectivity index (χ1n) is 10.2. The van der Waals surface area contributed by atoms with Gasteiger partial charge in [-0.2, -0.15) is 0 Å². The van der Waals surface area contributed by atoms with E-state index in [0.29, 0.717) is 30.2 Å². The molecule has 2 atom stereocenters. The number of hydrogen-bond donors (Lipinski definition) is 3. The van der Waals surface area contributed by atoms with Gasteiger partial charge in [0.25, 0.3) is 5.91 Å². The number of halogens is 1. The average Bonchev–Trinajstić information content (AvgIpc) is 2.64. The van der Waals surface area contributed by atoms with Crippen LogP contribution in [0.25, 0.3) is 0 Å². The molecule has 0 aliphatic carbocycles. The van der Waals surface area contributed by atoms with Crippen LogP contribution in [-0.4, -0.2) is 56.1 Å². The molecular formula is C21H33ClN4O2. The fourth-order valence-corrected chi connectivity index (χ4v) is 4.01. The van der Waals surface area contributed by atoms with Gasteiger partial charge in [-0.3, -0.25) is 4.79 Å². The zero-order chi connectivity index (χ0) is 20.4. The third kappa shape index (κ3) is 8.07. The van der Waals surface area contributed by atoms with Gasteiger partial charge >= 0.3 is 6.03 Å². The van der Waals surface area contributed by atoms with E-state index in [9.17, 15) is 9.59 Å². The Bertz CT molecular complexity index is 631. The number of nitrogens with zero attached hydrogens (tertiary/aromatic N) is 1. The van der Waals surface area contributed by atoms with Gasteiger partial charge in [-0.1, -0.05) is 37.6 Å². The highest BCUT2D eigenvalue weighted by molar-refractivity contribution is 6.33. The summed E-state index contributed by atoms with van der Waals surface area (Å²) in [5.74, 6) is 1.33. The summed E-state index contributed by atoms with van der Waals surface area (Å²) in [4.78, 5) is 26.3. The molecule has 0 aromatic heterocycles. The second-order valence-corrected chi connectivity index (χ2v) is 8.24. The number of likely N-dealkylation sites (tertiary alicyclic amines) is 1. The zero-order valence-corrected chi connectivity index (χ0v) is 17.7. The van der Waals surface area contributed by atoms with E-state index in [1.54, 1.807) is 24.3 Å². The van der Waals surface area contributed by atoms with E-state index in [1.807, 2.05) is 0 Å². The molecule has 1 heterocycles. The van der Waals surface area contributed by atoms with Gasteiger partial charge in [-0.25, -0.2) is 4.79 Å². The molecule has 1 aromatic carbocycles. The summed E-state index contributed by atoms with van der Waals surface area (Å²) >= 11 is 5.99. The smallest absolute Gasteiger partial charge is 0.314 e. The molecule has 0 radical (unpaired) electrons. The van der Waals surface area contributed by atoms with Crippen LogP contribution in [0.5, 0.6) is 0 Å². The Morgan fingerprint density at radius 1 is 1.00 bits per heavy atom. The molecule has 1 fully saturated rings. The van der Waals surface area contributed by atoms with Crippen LogP contribution < -0.4 is 16.0 Å². The van der Waals surface area contributed by atoms with Crippen molar-refractivity contribution in [3.05, 3.63) is 34.9 Å². The minimum absolute atomic E-state index is 0.202. The van der Waals surface area contributed by atoms with Crippen LogP contribution in [-0.2, 0) is 0 Å². The summed E-state index contributed by atoms with van der Waals surface area (Å²) in [6.45, 7) is 9.52. The summed E-state index contributed by atoms with van der Waals surface area (Å²) in [5, 5.41) is 8.77. The lowest BCUT2D eigenvalue weighted by atomic mass is 9.92. The third-order valence-corrected chi connectivity index (χ3v) is 5.28. The summed E-state index contributed by atoms with van der Waals surface area (Å²) < 4.78 is 0. The van der Waals surface area contributed by atoms with Crippen molar-refractivity contribution in [1.29, 1.82) is 0 Å². The number of urea groups is 1. The molecular weight excluding hydrogens is 376 g/mol. The summed E-state index contributed by atoms with van der Waals surface area (Å²) in [5.41, 5.74) is 0.436. The Kier molecular flexibility index (Phi) is 9.58. The van der Waals surface area contributed by atoms with Crippen molar-refractivity contribution in [1.82, 2.24) is 20.9 Å². The number of piperidine rings is 1. The maximum absolute atomic E-state index is 12.0. The highest BCUT2D eigenvalue weighted by Gasteiger charge is 2.20. The van der Waals surface area contributed by atoms with Crippen molar-refractivity contribution < 1.29 is 9.59 Å². The molecule has 1 aliphatic rings. The van der Waals surface area contributed by atoms with Gasteiger partial charge in [0, 0.05) is 32.7 Å². The lowest BCUT2D eigenvalue weighted by molar-refractivity contribution is 0.0954. The van der Waals surface area contributed by atoms with Crippen LogP contribution in [0.2, 0.25) is 5.02 Å². The Balaban J connectivity index is 1.49. The Labute approximate surface area is 173 Å². The van der Waals surface area contributed by atoms with E-state index in [2.05, 4.69) is 34.7 Å². The molecule has 0 spiro atoms. The first-order chi connectivity index (χ1) is 13.5. The average molecular weight is 409 g/mol. The molecule has 1 aromatic rings. The maximum atomic E-state index is 12.0. The Morgan fingerprint density at radius 2 is 1.64 bits per heavy atom. The van der Waals surface area contributed by atoms with Gasteiger partial charge in [0.15, 0.2) is 0 Å². The molecule has 2 unspecified atom stereocenters. The first-order valence-corrected chi connectivity index (χ1v) is 10.6. The van der Waals surface area contributed by atoms with E-state index in [-0.39, 0.29) is 11.9 Å². The first kappa shape index (κ1) is 22.5. The summed E-state index contributed by atoms with van der Waals surface area (Å²) in [6, 6.07) is 6.68. The maximum Gasteiger partial charge on any atom is 0.314 e. The SMILES string of the molecule is CC1CC(C)CN(CCCCNC(=O)NCCNC(=O)c2ccccc2Cl)C1. The monoisotopic (exact) mass is 408 g/mol. The number of carbonyl (C=O) groups excluding carboxylic acids is 2. The second-order valence-electron chi connectivity index (χ2n) is 7.83. The quantitative estimate of drug-likeness (QED) is 0.549. The fraction of sp³-hybridized carbons (Fsp3) is 0.619. The van der Waals surface area contributed by atoms with Crippen LogP contribution in [0.3, 0.4) is 0 Å². The van der Waals surface area contributed by atoms with Gasteiger partial charge in [-0.15, -0.1) is 0 Å². The molecule has 156 valence electrons. The summed E-state index contributed by atoms with van der Waals surface area (Å²) in [6.07, 6.45) is 3.39. The van der Waals surface area contributed by atoms with Crippen molar-refractivity contribution in [2.24, 2.45) is 11.8 Å². The second kappa shape index (κ2) is 11.9. The number of amides is 3. The molecule has 1 aliphatic heterocycles. The number of nitrogens with one attached hydrogen (secondary N) is 3. The minimum Gasteiger partial charge on any atom is -0.350 e. The van der Waals surface area contributed by atoms with Gasteiger partial charge in [-0.05, 0) is 49.8 Å². The minimum atomic E-state index is -0.242. The summed E-state index contributed by atoms with van der Waals surface area (Å²) in [7, 11) is 0. The van der Waals surface area contributed by atoms with E-state index in [4.69, 9.17) is 11.6 Å². The van der Waals surface area contributed by atoms with Crippen LogP contribution in [0.4, 0.5) is 4.79 Å². The fourth-order valence-electron chi connectivity index (χ4n) is 3.79. The molecule has 3 N–H and O–H groups in total. The highest BCUT2D eigenvalue weighted by atomic mass is 35.5. The van der Waals surface area contributed by atoms with Gasteiger partial charge < -0.3 is 20.9 Å². The van der Waals surface area contributed by atoms with E-state index < -0.39 is 0 Å². The number of rotatable bonds is 9. The van der Waals surface area contributed by atoms with Crippen LogP contribution in [0.1, 0.15) is 43.5 Å². The highest BCUT2D eigenvalue weighted by Crippen LogP contribution is 2.20. The molecule has 7 heteroatoms. The largest absolute Gasteiger partial charge is 0.350 e. The predicted molar refractivity (Wildman–Crippen MR) is 114 cm³/mol. The Hall–Kier alpha value is -1.79. The third-order valence-electron chi connectivity index (χ3n) is 4.95. The molecule has 6 nitrogen and oxygen atoms in total. The van der Waals surface area contributed by atoms with Crippen LogP contribution in [0, 0.1) is 11.8 Å².